The quantitative estimate of drug-likeness (QED) is 0.914. The van der Waals surface area contributed by atoms with Crippen LogP contribution < -0.4 is 10.5 Å². The highest BCUT2D eigenvalue weighted by atomic mass is 16.3. The monoisotopic (exact) mass is 284 g/mol. The summed E-state index contributed by atoms with van der Waals surface area (Å²) in [6.45, 7) is 1.73. The number of furan rings is 1. The Morgan fingerprint density at radius 3 is 2.67 bits per heavy atom. The molecule has 108 valence electrons. The Morgan fingerprint density at radius 1 is 1.29 bits per heavy atom. The van der Waals surface area contributed by atoms with Gasteiger partial charge in [-0.1, -0.05) is 12.8 Å². The number of hydrogen-bond donors (Lipinski definition) is 1. The van der Waals surface area contributed by atoms with E-state index in [9.17, 15) is 10.1 Å². The Kier molecular flexibility index (Phi) is 3.73. The van der Waals surface area contributed by atoms with Gasteiger partial charge in [-0.25, -0.2) is 4.98 Å². The van der Waals surface area contributed by atoms with Crippen LogP contribution in [0.1, 0.15) is 31.2 Å². The molecule has 1 aliphatic rings. The summed E-state index contributed by atoms with van der Waals surface area (Å²) in [5, 5.41) is 9.18. The van der Waals surface area contributed by atoms with Crippen molar-refractivity contribution in [3.05, 3.63) is 34.3 Å². The molecule has 3 heterocycles. The lowest BCUT2D eigenvalue weighted by molar-refractivity contribution is 0.579. The zero-order chi connectivity index (χ0) is 14.7. The summed E-state index contributed by atoms with van der Waals surface area (Å²) in [5.41, 5.74) is -0.118. The van der Waals surface area contributed by atoms with Gasteiger partial charge in [-0.2, -0.15) is 5.26 Å². The Hall–Kier alpha value is -2.55. The van der Waals surface area contributed by atoms with Gasteiger partial charge in [-0.05, 0) is 25.0 Å². The summed E-state index contributed by atoms with van der Waals surface area (Å²) in [4.78, 5) is 21.4. The first kappa shape index (κ1) is 13.4. The number of rotatable bonds is 2. The fourth-order valence-electron chi connectivity index (χ4n) is 2.59. The molecule has 0 aromatic carbocycles. The van der Waals surface area contributed by atoms with Gasteiger partial charge in [0.15, 0.2) is 5.76 Å². The van der Waals surface area contributed by atoms with Gasteiger partial charge in [-0.15, -0.1) is 0 Å². The van der Waals surface area contributed by atoms with E-state index in [1.807, 2.05) is 6.07 Å². The molecule has 6 nitrogen and oxygen atoms in total. The van der Waals surface area contributed by atoms with Crippen LogP contribution in [0.3, 0.4) is 0 Å². The molecular formula is C15H16N4O2. The van der Waals surface area contributed by atoms with Gasteiger partial charge >= 0.3 is 0 Å². The van der Waals surface area contributed by atoms with Crippen molar-refractivity contribution in [2.75, 3.05) is 18.0 Å². The van der Waals surface area contributed by atoms with Gasteiger partial charge < -0.3 is 9.32 Å². The van der Waals surface area contributed by atoms with E-state index in [2.05, 4.69) is 14.9 Å². The van der Waals surface area contributed by atoms with Crippen molar-refractivity contribution >= 4 is 5.95 Å². The highest BCUT2D eigenvalue weighted by Gasteiger charge is 2.19. The molecule has 1 N–H and O–H groups in total. The highest BCUT2D eigenvalue weighted by Crippen LogP contribution is 2.22. The standard InChI is InChI=1S/C15H16N4O2/c16-10-11-13(12-6-5-9-21-12)17-15(18-14(11)20)19-7-3-1-2-4-8-19/h5-6,9H,1-4,7-8H2,(H,17,18,20). The zero-order valence-electron chi connectivity index (χ0n) is 11.6. The van der Waals surface area contributed by atoms with Gasteiger partial charge in [0.1, 0.15) is 17.3 Å². The molecule has 1 aliphatic heterocycles. The van der Waals surface area contributed by atoms with Crippen LogP contribution in [-0.4, -0.2) is 23.1 Å². The molecule has 0 saturated carbocycles. The maximum Gasteiger partial charge on any atom is 0.271 e. The second kappa shape index (κ2) is 5.83. The largest absolute Gasteiger partial charge is 0.463 e. The third-order valence-electron chi connectivity index (χ3n) is 3.68. The van der Waals surface area contributed by atoms with Gasteiger partial charge in [0.2, 0.25) is 5.95 Å². The summed E-state index contributed by atoms with van der Waals surface area (Å²) < 4.78 is 5.30. The molecule has 0 spiro atoms. The Labute approximate surface area is 122 Å². The normalized spacial score (nSPS) is 15.5. The Morgan fingerprint density at radius 2 is 2.05 bits per heavy atom. The van der Waals surface area contributed by atoms with Crippen molar-refractivity contribution in [1.29, 1.82) is 5.26 Å². The van der Waals surface area contributed by atoms with Gasteiger partial charge in [0.05, 0.1) is 6.26 Å². The van der Waals surface area contributed by atoms with Crippen LogP contribution >= 0.6 is 0 Å². The van der Waals surface area contributed by atoms with Crippen molar-refractivity contribution in [3.8, 4) is 17.5 Å². The van der Waals surface area contributed by atoms with E-state index < -0.39 is 5.56 Å². The third-order valence-corrected chi connectivity index (χ3v) is 3.68. The van der Waals surface area contributed by atoms with Crippen LogP contribution in [-0.2, 0) is 0 Å². The van der Waals surface area contributed by atoms with Crippen molar-refractivity contribution in [2.24, 2.45) is 0 Å². The lowest BCUT2D eigenvalue weighted by atomic mass is 10.2. The van der Waals surface area contributed by atoms with Crippen molar-refractivity contribution in [1.82, 2.24) is 9.97 Å². The van der Waals surface area contributed by atoms with E-state index >= 15 is 0 Å². The third kappa shape index (κ3) is 2.68. The van der Waals surface area contributed by atoms with Crippen molar-refractivity contribution in [2.45, 2.75) is 25.7 Å². The summed E-state index contributed by atoms with van der Waals surface area (Å²) in [7, 11) is 0. The summed E-state index contributed by atoms with van der Waals surface area (Å²) >= 11 is 0. The second-order valence-electron chi connectivity index (χ2n) is 5.10. The van der Waals surface area contributed by atoms with Crippen LogP contribution in [0.15, 0.2) is 27.6 Å². The first-order valence-corrected chi connectivity index (χ1v) is 7.13. The number of aromatic amines is 1. The molecule has 21 heavy (non-hydrogen) atoms. The molecular weight excluding hydrogens is 268 g/mol. The predicted molar refractivity (Wildman–Crippen MR) is 78.0 cm³/mol. The average Bonchev–Trinajstić information content (AvgIpc) is 2.88. The molecule has 0 aliphatic carbocycles. The van der Waals surface area contributed by atoms with Gasteiger partial charge in [0.25, 0.3) is 5.56 Å². The molecule has 2 aromatic rings. The SMILES string of the molecule is N#Cc1c(-c2ccco2)nc(N2CCCCCC2)[nH]c1=O. The molecule has 3 rings (SSSR count). The van der Waals surface area contributed by atoms with Gasteiger partial charge in [0, 0.05) is 13.1 Å². The molecule has 0 amide bonds. The van der Waals surface area contributed by atoms with Crippen LogP contribution in [0.5, 0.6) is 0 Å². The number of hydrogen-bond acceptors (Lipinski definition) is 5. The maximum atomic E-state index is 12.1. The van der Waals surface area contributed by atoms with E-state index in [0.29, 0.717) is 17.4 Å². The fourth-order valence-corrected chi connectivity index (χ4v) is 2.59. The van der Waals surface area contributed by atoms with E-state index in [0.717, 1.165) is 25.9 Å². The molecule has 0 radical (unpaired) electrons. The number of nitriles is 1. The molecule has 0 unspecified atom stereocenters. The highest BCUT2D eigenvalue weighted by molar-refractivity contribution is 5.62. The number of anilines is 1. The topological polar surface area (TPSA) is 85.9 Å². The van der Waals surface area contributed by atoms with Crippen LogP contribution in [0.25, 0.3) is 11.5 Å². The van der Waals surface area contributed by atoms with E-state index in [4.69, 9.17) is 4.42 Å². The minimum Gasteiger partial charge on any atom is -0.463 e. The van der Waals surface area contributed by atoms with Crippen LogP contribution in [0, 0.1) is 11.3 Å². The molecule has 6 heteroatoms. The first-order valence-electron chi connectivity index (χ1n) is 7.13. The minimum absolute atomic E-state index is 0.0106. The Bertz CT molecular complexity index is 704. The summed E-state index contributed by atoms with van der Waals surface area (Å²) in [5.74, 6) is 0.959. The smallest absolute Gasteiger partial charge is 0.271 e. The Balaban J connectivity index is 2.07. The molecule has 1 saturated heterocycles. The first-order chi connectivity index (χ1) is 10.3. The average molecular weight is 284 g/mol. The number of nitrogens with one attached hydrogen (secondary N) is 1. The minimum atomic E-state index is -0.418. The van der Waals surface area contributed by atoms with Crippen molar-refractivity contribution < 1.29 is 4.42 Å². The number of aromatic nitrogens is 2. The number of nitrogens with zero attached hydrogens (tertiary/aromatic N) is 3. The van der Waals surface area contributed by atoms with E-state index in [1.54, 1.807) is 12.1 Å². The van der Waals surface area contributed by atoms with E-state index in [-0.39, 0.29) is 5.56 Å². The van der Waals surface area contributed by atoms with E-state index in [1.165, 1.54) is 19.1 Å². The summed E-state index contributed by atoms with van der Waals surface area (Å²) in [6, 6.07) is 5.33. The number of H-pyrrole nitrogens is 1. The molecule has 0 atom stereocenters. The predicted octanol–water partition coefficient (Wildman–Crippen LogP) is 2.28. The second-order valence-corrected chi connectivity index (χ2v) is 5.10. The summed E-state index contributed by atoms with van der Waals surface area (Å²) in [6.07, 6.45) is 6.06. The fraction of sp³-hybridized carbons (Fsp3) is 0.400. The lowest BCUT2D eigenvalue weighted by Gasteiger charge is -2.21. The van der Waals surface area contributed by atoms with Crippen LogP contribution in [0.4, 0.5) is 5.95 Å². The van der Waals surface area contributed by atoms with Crippen molar-refractivity contribution in [3.63, 3.8) is 0 Å². The molecule has 2 aromatic heterocycles. The molecule has 1 fully saturated rings. The van der Waals surface area contributed by atoms with Gasteiger partial charge in [-0.3, -0.25) is 9.78 Å². The lowest BCUT2D eigenvalue weighted by Crippen LogP contribution is -2.29. The van der Waals surface area contributed by atoms with Crippen LogP contribution in [0.2, 0.25) is 0 Å². The zero-order valence-corrected chi connectivity index (χ0v) is 11.6. The molecule has 0 bridgehead atoms. The maximum absolute atomic E-state index is 12.1.